The summed E-state index contributed by atoms with van der Waals surface area (Å²) in [5.41, 5.74) is 1.26. The Morgan fingerprint density at radius 1 is 1.25 bits per heavy atom. The van der Waals surface area contributed by atoms with Crippen molar-refractivity contribution in [3.05, 3.63) is 29.8 Å². The molecule has 1 atom stereocenters. The number of halogens is 1. The molecule has 0 aromatic heterocycles. The predicted octanol–water partition coefficient (Wildman–Crippen LogP) is 4.28. The van der Waals surface area contributed by atoms with Gasteiger partial charge in [0.05, 0.1) is 6.61 Å². The van der Waals surface area contributed by atoms with Gasteiger partial charge in [0, 0.05) is 5.38 Å². The molecule has 0 aliphatic heterocycles. The quantitative estimate of drug-likeness (QED) is 0.675. The van der Waals surface area contributed by atoms with Gasteiger partial charge in [-0.1, -0.05) is 32.0 Å². The van der Waals surface area contributed by atoms with Crippen molar-refractivity contribution in [2.45, 2.75) is 39.0 Å². The van der Waals surface area contributed by atoms with E-state index in [0.29, 0.717) is 12.5 Å². The third kappa shape index (κ3) is 4.05. The van der Waals surface area contributed by atoms with E-state index in [1.54, 1.807) is 0 Å². The maximum absolute atomic E-state index is 6.25. The average Bonchev–Trinajstić information content (AvgIpc) is 2.27. The van der Waals surface area contributed by atoms with E-state index >= 15 is 0 Å². The van der Waals surface area contributed by atoms with Gasteiger partial charge in [-0.2, -0.15) is 0 Å². The largest absolute Gasteiger partial charge is 0.494 e. The first kappa shape index (κ1) is 13.4. The summed E-state index contributed by atoms with van der Waals surface area (Å²) in [4.78, 5) is 0. The van der Waals surface area contributed by atoms with Crippen molar-refractivity contribution in [2.24, 2.45) is 5.92 Å². The summed E-state index contributed by atoms with van der Waals surface area (Å²) in [6.07, 6.45) is 1.99. The molecule has 0 saturated carbocycles. The summed E-state index contributed by atoms with van der Waals surface area (Å²) in [6, 6.07) is 8.21. The number of aryl methyl sites for hydroxylation is 1. The molecule has 1 rings (SSSR count). The molecule has 0 bridgehead atoms. The van der Waals surface area contributed by atoms with E-state index in [0.717, 1.165) is 18.6 Å². The second kappa shape index (κ2) is 6.80. The van der Waals surface area contributed by atoms with Crippen molar-refractivity contribution in [1.82, 2.24) is 0 Å². The Bertz CT molecular complexity index is 309. The van der Waals surface area contributed by atoms with E-state index in [2.05, 4.69) is 26.0 Å². The Balaban J connectivity index is 2.58. The molecule has 0 saturated heterocycles. The van der Waals surface area contributed by atoms with Crippen molar-refractivity contribution >= 4 is 11.6 Å². The summed E-state index contributed by atoms with van der Waals surface area (Å²) in [5.74, 6) is 1.53. The Labute approximate surface area is 104 Å². The topological polar surface area (TPSA) is 9.23 Å². The molecule has 90 valence electrons. The molecule has 0 heterocycles. The fourth-order valence-electron chi connectivity index (χ4n) is 1.63. The first-order chi connectivity index (χ1) is 7.65. The predicted molar refractivity (Wildman–Crippen MR) is 70.4 cm³/mol. The lowest BCUT2D eigenvalue weighted by atomic mass is 10.0. The van der Waals surface area contributed by atoms with Crippen LogP contribution in [0.5, 0.6) is 5.75 Å². The molecule has 0 aliphatic rings. The van der Waals surface area contributed by atoms with E-state index in [1.807, 2.05) is 19.1 Å². The third-order valence-electron chi connectivity index (χ3n) is 2.69. The molecule has 0 N–H and O–H groups in total. The molecule has 2 heteroatoms. The number of hydrogen-bond acceptors (Lipinski definition) is 1. The Hall–Kier alpha value is -0.690. The summed E-state index contributed by atoms with van der Waals surface area (Å²) < 4.78 is 5.59. The van der Waals surface area contributed by atoms with Crippen LogP contribution in [-0.2, 0) is 6.42 Å². The van der Waals surface area contributed by atoms with Crippen molar-refractivity contribution in [1.29, 1.82) is 0 Å². The normalized spacial score (nSPS) is 12.8. The minimum atomic E-state index is 0.245. The average molecular weight is 241 g/mol. The van der Waals surface area contributed by atoms with E-state index in [-0.39, 0.29) is 5.38 Å². The van der Waals surface area contributed by atoms with Gasteiger partial charge in [0.15, 0.2) is 0 Å². The van der Waals surface area contributed by atoms with Crippen LogP contribution in [0.2, 0.25) is 0 Å². The highest BCUT2D eigenvalue weighted by molar-refractivity contribution is 6.20. The molecule has 0 aliphatic carbocycles. The number of para-hydroxylation sites is 1. The molecule has 16 heavy (non-hydrogen) atoms. The lowest BCUT2D eigenvalue weighted by Gasteiger charge is -2.14. The van der Waals surface area contributed by atoms with Gasteiger partial charge in [0.2, 0.25) is 0 Å². The van der Waals surface area contributed by atoms with Crippen LogP contribution in [0.1, 0.15) is 32.8 Å². The van der Waals surface area contributed by atoms with Crippen LogP contribution < -0.4 is 4.74 Å². The Morgan fingerprint density at radius 3 is 2.56 bits per heavy atom. The van der Waals surface area contributed by atoms with Crippen LogP contribution in [0, 0.1) is 5.92 Å². The maximum atomic E-state index is 6.25. The van der Waals surface area contributed by atoms with Gasteiger partial charge in [-0.25, -0.2) is 0 Å². The maximum Gasteiger partial charge on any atom is 0.122 e. The van der Waals surface area contributed by atoms with Crippen LogP contribution in [0.15, 0.2) is 24.3 Å². The lowest BCUT2D eigenvalue weighted by Crippen LogP contribution is -2.09. The molecule has 1 aromatic rings. The molecule has 0 spiro atoms. The standard InChI is InChI=1S/C14H21ClO/c1-4-16-14-8-6-5-7-12(14)9-10-13(15)11(2)3/h5-8,11,13H,4,9-10H2,1-3H3. The minimum absolute atomic E-state index is 0.245. The fraction of sp³-hybridized carbons (Fsp3) is 0.571. The van der Waals surface area contributed by atoms with Gasteiger partial charge in [0.25, 0.3) is 0 Å². The van der Waals surface area contributed by atoms with Gasteiger partial charge in [-0.3, -0.25) is 0 Å². The van der Waals surface area contributed by atoms with Gasteiger partial charge >= 0.3 is 0 Å². The molecule has 0 amide bonds. The Kier molecular flexibility index (Phi) is 5.68. The van der Waals surface area contributed by atoms with Gasteiger partial charge in [0.1, 0.15) is 5.75 Å². The van der Waals surface area contributed by atoms with Crippen LogP contribution >= 0.6 is 11.6 Å². The molecule has 1 nitrogen and oxygen atoms in total. The molecule has 1 unspecified atom stereocenters. The monoisotopic (exact) mass is 240 g/mol. The summed E-state index contributed by atoms with van der Waals surface area (Å²) in [6.45, 7) is 7.04. The third-order valence-corrected chi connectivity index (χ3v) is 3.41. The van der Waals surface area contributed by atoms with Crippen molar-refractivity contribution in [3.63, 3.8) is 0 Å². The first-order valence-corrected chi connectivity index (χ1v) is 6.43. The molecular weight excluding hydrogens is 220 g/mol. The zero-order valence-electron chi connectivity index (χ0n) is 10.4. The van der Waals surface area contributed by atoms with Gasteiger partial charge in [-0.05, 0) is 37.3 Å². The smallest absolute Gasteiger partial charge is 0.122 e. The van der Waals surface area contributed by atoms with E-state index in [9.17, 15) is 0 Å². The van der Waals surface area contributed by atoms with Gasteiger partial charge < -0.3 is 4.74 Å². The second-order valence-electron chi connectivity index (χ2n) is 4.34. The van der Waals surface area contributed by atoms with Crippen LogP contribution in [0.3, 0.4) is 0 Å². The SMILES string of the molecule is CCOc1ccccc1CCC(Cl)C(C)C. The number of benzene rings is 1. The summed E-state index contributed by atoms with van der Waals surface area (Å²) >= 11 is 6.25. The number of ether oxygens (including phenoxy) is 1. The van der Waals surface area contributed by atoms with Crippen molar-refractivity contribution in [3.8, 4) is 5.75 Å². The van der Waals surface area contributed by atoms with E-state index in [1.165, 1.54) is 5.56 Å². The zero-order chi connectivity index (χ0) is 12.0. The highest BCUT2D eigenvalue weighted by Gasteiger charge is 2.11. The highest BCUT2D eigenvalue weighted by atomic mass is 35.5. The first-order valence-electron chi connectivity index (χ1n) is 6.00. The van der Waals surface area contributed by atoms with Crippen LogP contribution in [-0.4, -0.2) is 12.0 Å². The van der Waals surface area contributed by atoms with Crippen molar-refractivity contribution < 1.29 is 4.74 Å². The molecule has 0 radical (unpaired) electrons. The minimum Gasteiger partial charge on any atom is -0.494 e. The summed E-state index contributed by atoms with van der Waals surface area (Å²) in [7, 11) is 0. The number of rotatable bonds is 6. The van der Waals surface area contributed by atoms with Crippen LogP contribution in [0.25, 0.3) is 0 Å². The fourth-order valence-corrected chi connectivity index (χ4v) is 1.74. The van der Waals surface area contributed by atoms with E-state index in [4.69, 9.17) is 16.3 Å². The van der Waals surface area contributed by atoms with Crippen molar-refractivity contribution in [2.75, 3.05) is 6.61 Å². The molecule has 0 fully saturated rings. The number of hydrogen-bond donors (Lipinski definition) is 0. The highest BCUT2D eigenvalue weighted by Crippen LogP contribution is 2.23. The lowest BCUT2D eigenvalue weighted by molar-refractivity contribution is 0.336. The second-order valence-corrected chi connectivity index (χ2v) is 4.90. The van der Waals surface area contributed by atoms with Crippen LogP contribution in [0.4, 0.5) is 0 Å². The number of alkyl halides is 1. The Morgan fingerprint density at radius 2 is 1.94 bits per heavy atom. The molecular formula is C14H21ClO. The van der Waals surface area contributed by atoms with Gasteiger partial charge in [-0.15, -0.1) is 11.6 Å². The molecule has 1 aromatic carbocycles. The zero-order valence-corrected chi connectivity index (χ0v) is 11.1. The van der Waals surface area contributed by atoms with E-state index < -0.39 is 0 Å². The summed E-state index contributed by atoms with van der Waals surface area (Å²) in [5, 5.41) is 0.245.